The van der Waals surface area contributed by atoms with Crippen LogP contribution in [0.4, 0.5) is 4.39 Å². The van der Waals surface area contributed by atoms with E-state index >= 15 is 0 Å². The lowest BCUT2D eigenvalue weighted by molar-refractivity contribution is 0.0691. The van der Waals surface area contributed by atoms with E-state index < -0.39 is 11.8 Å². The quantitative estimate of drug-likeness (QED) is 0.884. The number of aromatic nitrogens is 2. The molecule has 0 bridgehead atoms. The summed E-state index contributed by atoms with van der Waals surface area (Å²) in [6, 6.07) is 4.09. The molecular weight excluding hydrogens is 223 g/mol. The zero-order valence-electron chi connectivity index (χ0n) is 9.22. The fraction of sp³-hybridized carbons (Fsp3) is 0.167. The van der Waals surface area contributed by atoms with Crippen molar-refractivity contribution >= 4 is 5.97 Å². The molecule has 0 amide bonds. The number of rotatable bonds is 3. The van der Waals surface area contributed by atoms with Gasteiger partial charge >= 0.3 is 5.97 Å². The molecule has 4 nitrogen and oxygen atoms in total. The van der Waals surface area contributed by atoms with Crippen molar-refractivity contribution < 1.29 is 14.3 Å². The van der Waals surface area contributed by atoms with E-state index in [1.54, 1.807) is 18.5 Å². The van der Waals surface area contributed by atoms with Crippen molar-refractivity contribution in [3.63, 3.8) is 0 Å². The van der Waals surface area contributed by atoms with Gasteiger partial charge in [0.05, 0.1) is 5.56 Å². The first-order chi connectivity index (χ1) is 8.08. The van der Waals surface area contributed by atoms with E-state index in [4.69, 9.17) is 5.11 Å². The van der Waals surface area contributed by atoms with Gasteiger partial charge < -0.3 is 9.67 Å². The molecule has 0 saturated carbocycles. The largest absolute Gasteiger partial charge is 0.478 e. The molecule has 2 aromatic rings. The van der Waals surface area contributed by atoms with Crippen LogP contribution in [0.25, 0.3) is 0 Å². The van der Waals surface area contributed by atoms with Gasteiger partial charge in [0.25, 0.3) is 0 Å². The number of carbonyl (C=O) groups is 1. The highest BCUT2D eigenvalue weighted by atomic mass is 19.1. The van der Waals surface area contributed by atoms with Crippen LogP contribution >= 0.6 is 0 Å². The van der Waals surface area contributed by atoms with Crippen molar-refractivity contribution in [2.45, 2.75) is 13.5 Å². The van der Waals surface area contributed by atoms with Crippen molar-refractivity contribution in [2.24, 2.45) is 0 Å². The number of hydrogen-bond donors (Lipinski definition) is 1. The van der Waals surface area contributed by atoms with Crippen molar-refractivity contribution in [2.75, 3.05) is 0 Å². The molecule has 0 spiro atoms. The number of imidazole rings is 1. The summed E-state index contributed by atoms with van der Waals surface area (Å²) >= 11 is 0. The lowest BCUT2D eigenvalue weighted by Gasteiger charge is -2.06. The molecule has 0 aliphatic rings. The third-order valence-electron chi connectivity index (χ3n) is 2.54. The van der Waals surface area contributed by atoms with Crippen LogP contribution in [0.2, 0.25) is 0 Å². The molecule has 17 heavy (non-hydrogen) atoms. The maximum Gasteiger partial charge on any atom is 0.338 e. The van der Waals surface area contributed by atoms with Crippen molar-refractivity contribution in [1.29, 1.82) is 0 Å². The summed E-state index contributed by atoms with van der Waals surface area (Å²) in [4.78, 5) is 14.8. The third-order valence-corrected chi connectivity index (χ3v) is 2.54. The zero-order chi connectivity index (χ0) is 12.4. The Morgan fingerprint density at radius 1 is 1.53 bits per heavy atom. The second kappa shape index (κ2) is 4.37. The van der Waals surface area contributed by atoms with Crippen molar-refractivity contribution in [1.82, 2.24) is 9.55 Å². The van der Waals surface area contributed by atoms with E-state index in [1.165, 1.54) is 12.1 Å². The first-order valence-corrected chi connectivity index (χ1v) is 5.07. The minimum absolute atomic E-state index is 0.305. The van der Waals surface area contributed by atoms with E-state index in [0.29, 0.717) is 6.54 Å². The summed E-state index contributed by atoms with van der Waals surface area (Å²) in [5.41, 5.74) is 0.421. The summed E-state index contributed by atoms with van der Waals surface area (Å²) in [6.45, 7) is 2.33. The highest BCUT2D eigenvalue weighted by Gasteiger charge is 2.11. The molecule has 0 radical (unpaired) electrons. The molecule has 0 saturated heterocycles. The fourth-order valence-corrected chi connectivity index (χ4v) is 1.60. The van der Waals surface area contributed by atoms with Crippen LogP contribution in [0.3, 0.4) is 0 Å². The Bertz CT molecular complexity index is 563. The highest BCUT2D eigenvalue weighted by molar-refractivity contribution is 5.88. The van der Waals surface area contributed by atoms with Crippen LogP contribution in [0.1, 0.15) is 21.7 Å². The Morgan fingerprint density at radius 2 is 2.29 bits per heavy atom. The van der Waals surface area contributed by atoms with E-state index in [1.807, 2.05) is 11.5 Å². The first-order valence-electron chi connectivity index (χ1n) is 5.07. The normalized spacial score (nSPS) is 10.5. The number of halogens is 1. The SMILES string of the molecule is Cc1nccn1Cc1ccc(F)c(C(=O)O)c1. The fourth-order valence-electron chi connectivity index (χ4n) is 1.60. The monoisotopic (exact) mass is 234 g/mol. The van der Waals surface area contributed by atoms with Gasteiger partial charge in [-0.25, -0.2) is 14.2 Å². The molecule has 0 unspecified atom stereocenters. The van der Waals surface area contributed by atoms with Gasteiger partial charge in [-0.05, 0) is 24.6 Å². The molecule has 0 atom stereocenters. The number of benzene rings is 1. The Morgan fingerprint density at radius 3 is 2.88 bits per heavy atom. The Balaban J connectivity index is 2.32. The maximum absolute atomic E-state index is 13.2. The van der Waals surface area contributed by atoms with Gasteiger partial charge in [0.2, 0.25) is 0 Å². The number of aryl methyl sites for hydroxylation is 1. The Kier molecular flexibility index (Phi) is 2.91. The smallest absolute Gasteiger partial charge is 0.338 e. The van der Waals surface area contributed by atoms with Crippen LogP contribution in [0, 0.1) is 12.7 Å². The van der Waals surface area contributed by atoms with Gasteiger partial charge in [-0.1, -0.05) is 6.07 Å². The third kappa shape index (κ3) is 2.33. The molecule has 1 aromatic carbocycles. The molecule has 88 valence electrons. The van der Waals surface area contributed by atoms with Gasteiger partial charge in [-0.2, -0.15) is 0 Å². The molecule has 0 aliphatic heterocycles. The number of nitrogens with zero attached hydrogens (tertiary/aromatic N) is 2. The summed E-state index contributed by atoms with van der Waals surface area (Å²) in [5.74, 6) is -1.15. The molecule has 5 heteroatoms. The van der Waals surface area contributed by atoms with Gasteiger partial charge in [-0.3, -0.25) is 0 Å². The molecule has 1 heterocycles. The van der Waals surface area contributed by atoms with Crippen LogP contribution in [0.5, 0.6) is 0 Å². The van der Waals surface area contributed by atoms with Gasteiger partial charge in [0, 0.05) is 18.9 Å². The second-order valence-electron chi connectivity index (χ2n) is 3.72. The van der Waals surface area contributed by atoms with Crippen molar-refractivity contribution in [3.8, 4) is 0 Å². The zero-order valence-corrected chi connectivity index (χ0v) is 9.22. The second-order valence-corrected chi connectivity index (χ2v) is 3.72. The van der Waals surface area contributed by atoms with E-state index in [-0.39, 0.29) is 5.56 Å². The number of carboxylic acid groups (broad SMARTS) is 1. The maximum atomic E-state index is 13.2. The van der Waals surface area contributed by atoms with Crippen LogP contribution < -0.4 is 0 Å². The summed E-state index contributed by atoms with van der Waals surface area (Å²) in [6.07, 6.45) is 3.45. The predicted octanol–water partition coefficient (Wildman–Crippen LogP) is 2.08. The van der Waals surface area contributed by atoms with Gasteiger partial charge in [0.1, 0.15) is 11.6 Å². The van der Waals surface area contributed by atoms with Crippen LogP contribution in [0.15, 0.2) is 30.6 Å². The average Bonchev–Trinajstić information content (AvgIpc) is 2.67. The van der Waals surface area contributed by atoms with Crippen LogP contribution in [-0.2, 0) is 6.54 Å². The van der Waals surface area contributed by atoms with E-state index in [2.05, 4.69) is 4.98 Å². The lowest BCUT2D eigenvalue weighted by Crippen LogP contribution is -2.05. The number of carboxylic acids is 1. The van der Waals surface area contributed by atoms with Gasteiger partial charge in [-0.15, -0.1) is 0 Å². The van der Waals surface area contributed by atoms with Crippen molar-refractivity contribution in [3.05, 3.63) is 53.4 Å². The van der Waals surface area contributed by atoms with Gasteiger partial charge in [0.15, 0.2) is 0 Å². The summed E-state index contributed by atoms with van der Waals surface area (Å²) in [7, 11) is 0. The summed E-state index contributed by atoms with van der Waals surface area (Å²) < 4.78 is 15.0. The lowest BCUT2D eigenvalue weighted by atomic mass is 10.1. The minimum atomic E-state index is -1.26. The molecule has 0 fully saturated rings. The van der Waals surface area contributed by atoms with Crippen LogP contribution in [-0.4, -0.2) is 20.6 Å². The summed E-state index contributed by atoms with van der Waals surface area (Å²) in [5, 5.41) is 8.81. The predicted molar refractivity (Wildman–Crippen MR) is 59.4 cm³/mol. The average molecular weight is 234 g/mol. The Hall–Kier alpha value is -2.17. The molecule has 2 rings (SSSR count). The standard InChI is InChI=1S/C12H11FN2O2/c1-8-14-4-5-15(8)7-9-2-3-11(13)10(6-9)12(16)17/h2-6H,7H2,1H3,(H,16,17). The highest BCUT2D eigenvalue weighted by Crippen LogP contribution is 2.12. The number of hydrogen-bond acceptors (Lipinski definition) is 2. The molecule has 0 aliphatic carbocycles. The molecular formula is C12H11FN2O2. The topological polar surface area (TPSA) is 55.1 Å². The minimum Gasteiger partial charge on any atom is -0.478 e. The van der Waals surface area contributed by atoms with E-state index in [0.717, 1.165) is 11.4 Å². The molecule has 1 N–H and O–H groups in total. The number of aromatic carboxylic acids is 1. The Labute approximate surface area is 97.3 Å². The van der Waals surface area contributed by atoms with E-state index in [9.17, 15) is 9.18 Å². The molecule has 1 aromatic heterocycles. The first kappa shape index (κ1) is 11.3.